The third kappa shape index (κ3) is 7.08. The average molecular weight is 239 g/mol. The molecule has 102 valence electrons. The molecule has 1 saturated carbocycles. The van der Waals surface area contributed by atoms with E-state index in [1.807, 2.05) is 0 Å². The van der Waals surface area contributed by atoms with Crippen LogP contribution in [0, 0.1) is 5.92 Å². The molecule has 0 amide bonds. The molecule has 0 aliphatic heterocycles. The quantitative estimate of drug-likeness (QED) is 0.534. The Balaban J connectivity index is 2.16. The molecule has 1 fully saturated rings. The minimum atomic E-state index is 0.815. The monoisotopic (exact) mass is 239 g/mol. The average Bonchev–Trinajstić information content (AvgIpc) is 2.84. The first-order valence-electron chi connectivity index (χ1n) is 8.10. The number of rotatable bonds is 10. The highest BCUT2D eigenvalue weighted by Gasteiger charge is 2.19. The molecule has 0 aromatic rings. The van der Waals surface area contributed by atoms with Crippen LogP contribution >= 0.6 is 0 Å². The topological polar surface area (TPSA) is 12.0 Å². The third-order valence-corrected chi connectivity index (χ3v) is 4.18. The van der Waals surface area contributed by atoms with Crippen molar-refractivity contribution >= 4 is 0 Å². The number of nitrogens with one attached hydrogen (secondary N) is 1. The summed E-state index contributed by atoms with van der Waals surface area (Å²) in [6.45, 7) is 5.78. The van der Waals surface area contributed by atoms with Crippen molar-refractivity contribution < 1.29 is 0 Å². The lowest BCUT2D eigenvalue weighted by molar-refractivity contribution is 0.361. The van der Waals surface area contributed by atoms with Gasteiger partial charge in [0.2, 0.25) is 0 Å². The first-order valence-corrected chi connectivity index (χ1v) is 8.10. The van der Waals surface area contributed by atoms with Gasteiger partial charge in [-0.2, -0.15) is 0 Å². The molecular weight excluding hydrogens is 206 g/mol. The molecule has 1 aliphatic rings. The molecule has 0 aromatic carbocycles. The highest BCUT2D eigenvalue weighted by molar-refractivity contribution is 4.75. The Labute approximate surface area is 109 Å². The van der Waals surface area contributed by atoms with Gasteiger partial charge in [0.15, 0.2) is 0 Å². The van der Waals surface area contributed by atoms with Gasteiger partial charge in [0.05, 0.1) is 0 Å². The summed E-state index contributed by atoms with van der Waals surface area (Å²) in [5.74, 6) is 1.04. The minimum absolute atomic E-state index is 0.815. The van der Waals surface area contributed by atoms with Gasteiger partial charge >= 0.3 is 0 Å². The van der Waals surface area contributed by atoms with Gasteiger partial charge in [-0.15, -0.1) is 0 Å². The number of hydrogen-bond donors (Lipinski definition) is 1. The molecular formula is C16H33N. The smallest absolute Gasteiger partial charge is 0.00696 e. The summed E-state index contributed by atoms with van der Waals surface area (Å²) >= 11 is 0. The summed E-state index contributed by atoms with van der Waals surface area (Å²) in [4.78, 5) is 0. The largest absolute Gasteiger partial charge is 0.314 e. The van der Waals surface area contributed by atoms with E-state index in [2.05, 4.69) is 19.2 Å². The predicted octanol–water partition coefficient (Wildman–Crippen LogP) is 4.91. The van der Waals surface area contributed by atoms with E-state index < -0.39 is 0 Å². The van der Waals surface area contributed by atoms with Gasteiger partial charge in [0.1, 0.15) is 0 Å². The maximum Gasteiger partial charge on any atom is 0.00696 e. The van der Waals surface area contributed by atoms with Crippen molar-refractivity contribution in [2.75, 3.05) is 6.54 Å². The molecule has 1 N–H and O–H groups in total. The van der Waals surface area contributed by atoms with Crippen LogP contribution in [0.2, 0.25) is 0 Å². The van der Waals surface area contributed by atoms with Gasteiger partial charge in [-0.3, -0.25) is 0 Å². The first kappa shape index (κ1) is 15.0. The van der Waals surface area contributed by atoms with E-state index in [0.29, 0.717) is 0 Å². The summed E-state index contributed by atoms with van der Waals surface area (Å²) in [6.07, 6.45) is 15.8. The van der Waals surface area contributed by atoms with Gasteiger partial charge in [0, 0.05) is 6.04 Å². The lowest BCUT2D eigenvalue weighted by atomic mass is 9.94. The summed E-state index contributed by atoms with van der Waals surface area (Å²) in [5.41, 5.74) is 0. The highest BCUT2D eigenvalue weighted by Crippen LogP contribution is 2.29. The highest BCUT2D eigenvalue weighted by atomic mass is 14.9. The van der Waals surface area contributed by atoms with Crippen LogP contribution in [-0.2, 0) is 0 Å². The Morgan fingerprint density at radius 1 is 1.00 bits per heavy atom. The fourth-order valence-electron chi connectivity index (χ4n) is 3.12. The Kier molecular flexibility index (Phi) is 8.78. The summed E-state index contributed by atoms with van der Waals surface area (Å²) in [5, 5.41) is 3.77. The maximum atomic E-state index is 3.77. The van der Waals surface area contributed by atoms with Crippen LogP contribution in [0.4, 0.5) is 0 Å². The number of hydrogen-bond acceptors (Lipinski definition) is 1. The summed E-state index contributed by atoms with van der Waals surface area (Å²) in [7, 11) is 0. The standard InChI is InChI=1S/C16H33N/c1-3-5-6-7-12-16(17-13-4-2)14-15-10-8-9-11-15/h15-17H,3-14H2,1-2H3. The fourth-order valence-corrected chi connectivity index (χ4v) is 3.12. The molecule has 17 heavy (non-hydrogen) atoms. The number of unbranched alkanes of at least 4 members (excludes halogenated alkanes) is 3. The van der Waals surface area contributed by atoms with Crippen molar-refractivity contribution in [1.29, 1.82) is 0 Å². The van der Waals surface area contributed by atoms with Gasteiger partial charge < -0.3 is 5.32 Å². The van der Waals surface area contributed by atoms with Crippen LogP contribution in [0.15, 0.2) is 0 Å². The lowest BCUT2D eigenvalue weighted by Gasteiger charge is -2.22. The van der Waals surface area contributed by atoms with Crippen molar-refractivity contribution in [3.8, 4) is 0 Å². The second kappa shape index (κ2) is 9.94. The minimum Gasteiger partial charge on any atom is -0.314 e. The van der Waals surface area contributed by atoms with Crippen molar-refractivity contribution in [3.63, 3.8) is 0 Å². The van der Waals surface area contributed by atoms with Crippen molar-refractivity contribution in [2.45, 2.75) is 90.5 Å². The van der Waals surface area contributed by atoms with E-state index >= 15 is 0 Å². The molecule has 1 rings (SSSR count). The SMILES string of the molecule is CCCCCCC(CC1CCCC1)NCCC. The molecule has 0 spiro atoms. The van der Waals surface area contributed by atoms with Gasteiger partial charge in [-0.25, -0.2) is 0 Å². The Bertz CT molecular complexity index is 161. The van der Waals surface area contributed by atoms with Gasteiger partial charge in [-0.1, -0.05) is 65.2 Å². The van der Waals surface area contributed by atoms with Crippen molar-refractivity contribution in [2.24, 2.45) is 5.92 Å². The van der Waals surface area contributed by atoms with Crippen molar-refractivity contribution in [3.05, 3.63) is 0 Å². The van der Waals surface area contributed by atoms with Crippen LogP contribution in [-0.4, -0.2) is 12.6 Å². The van der Waals surface area contributed by atoms with E-state index in [-0.39, 0.29) is 0 Å². The summed E-state index contributed by atoms with van der Waals surface area (Å²) in [6, 6.07) is 0.815. The van der Waals surface area contributed by atoms with E-state index in [4.69, 9.17) is 0 Å². The second-order valence-corrected chi connectivity index (χ2v) is 5.89. The van der Waals surface area contributed by atoms with Crippen LogP contribution in [0.5, 0.6) is 0 Å². The normalized spacial score (nSPS) is 18.7. The van der Waals surface area contributed by atoms with Gasteiger partial charge in [0.25, 0.3) is 0 Å². The molecule has 1 heteroatoms. The Morgan fingerprint density at radius 2 is 1.76 bits per heavy atom. The van der Waals surface area contributed by atoms with Crippen LogP contribution in [0.25, 0.3) is 0 Å². The fraction of sp³-hybridized carbons (Fsp3) is 1.00. The molecule has 0 bridgehead atoms. The van der Waals surface area contributed by atoms with E-state index in [9.17, 15) is 0 Å². The molecule has 0 radical (unpaired) electrons. The molecule has 1 unspecified atom stereocenters. The third-order valence-electron chi connectivity index (χ3n) is 4.18. The first-order chi connectivity index (χ1) is 8.36. The van der Waals surface area contributed by atoms with E-state index in [1.165, 1.54) is 77.2 Å². The molecule has 0 heterocycles. The van der Waals surface area contributed by atoms with Crippen LogP contribution in [0.1, 0.15) is 84.5 Å². The molecule has 1 nitrogen and oxygen atoms in total. The zero-order chi connectivity index (χ0) is 12.3. The molecule has 0 saturated heterocycles. The van der Waals surface area contributed by atoms with Gasteiger partial charge in [-0.05, 0) is 31.7 Å². The Hall–Kier alpha value is -0.0400. The molecule has 0 aromatic heterocycles. The lowest BCUT2D eigenvalue weighted by Crippen LogP contribution is -2.31. The molecule has 1 atom stereocenters. The molecule has 1 aliphatic carbocycles. The van der Waals surface area contributed by atoms with Crippen molar-refractivity contribution in [1.82, 2.24) is 5.32 Å². The summed E-state index contributed by atoms with van der Waals surface area (Å²) < 4.78 is 0. The second-order valence-electron chi connectivity index (χ2n) is 5.89. The predicted molar refractivity (Wildman–Crippen MR) is 77.4 cm³/mol. The van der Waals surface area contributed by atoms with Crippen LogP contribution in [0.3, 0.4) is 0 Å². The zero-order valence-electron chi connectivity index (χ0n) is 12.1. The Morgan fingerprint density at radius 3 is 2.41 bits per heavy atom. The zero-order valence-corrected chi connectivity index (χ0v) is 12.1. The maximum absolute atomic E-state index is 3.77. The van der Waals surface area contributed by atoms with E-state index in [0.717, 1.165) is 12.0 Å². The van der Waals surface area contributed by atoms with Crippen LogP contribution < -0.4 is 5.32 Å². The van der Waals surface area contributed by atoms with E-state index in [1.54, 1.807) is 0 Å².